The Labute approximate surface area is 128 Å². The van der Waals surface area contributed by atoms with E-state index in [0.717, 1.165) is 16.7 Å². The predicted octanol–water partition coefficient (Wildman–Crippen LogP) is 4.83. The second kappa shape index (κ2) is 6.22. The molecule has 0 radical (unpaired) electrons. The quantitative estimate of drug-likeness (QED) is 0.823. The molecule has 1 N–H and O–H groups in total. The summed E-state index contributed by atoms with van der Waals surface area (Å²) in [5.74, 6) is 0.738. The van der Waals surface area contributed by atoms with Crippen LogP contribution in [0.1, 0.15) is 19.4 Å². The molecule has 1 heterocycles. The molecule has 0 saturated heterocycles. The minimum absolute atomic E-state index is 0.357. The van der Waals surface area contributed by atoms with Crippen LogP contribution in [0.2, 0.25) is 5.02 Å². The summed E-state index contributed by atoms with van der Waals surface area (Å²) < 4.78 is 6.87. The summed E-state index contributed by atoms with van der Waals surface area (Å²) in [5, 5.41) is 9.63. The van der Waals surface area contributed by atoms with Crippen molar-refractivity contribution in [3.63, 3.8) is 0 Å². The summed E-state index contributed by atoms with van der Waals surface area (Å²) in [4.78, 5) is 11.0. The third-order valence-corrected chi connectivity index (χ3v) is 3.35. The van der Waals surface area contributed by atoms with Gasteiger partial charge in [0.25, 0.3) is 0 Å². The highest BCUT2D eigenvalue weighted by Gasteiger charge is 2.19. The number of benzene rings is 1. The summed E-state index contributed by atoms with van der Waals surface area (Å²) in [5.41, 5.74) is 2.64. The van der Waals surface area contributed by atoms with Gasteiger partial charge >= 0.3 is 6.16 Å². The van der Waals surface area contributed by atoms with Crippen molar-refractivity contribution < 1.29 is 14.6 Å². The van der Waals surface area contributed by atoms with Gasteiger partial charge in [-0.1, -0.05) is 37.6 Å². The second-order valence-corrected chi connectivity index (χ2v) is 5.85. The van der Waals surface area contributed by atoms with Crippen LogP contribution >= 0.6 is 11.6 Å². The summed E-state index contributed by atoms with van der Waals surface area (Å²) in [6, 6.07) is 7.28. The van der Waals surface area contributed by atoms with Gasteiger partial charge in [0, 0.05) is 23.3 Å². The third kappa shape index (κ3) is 3.58. The Morgan fingerprint density at radius 3 is 2.48 bits per heavy atom. The smallest absolute Gasteiger partial charge is 0.449 e. The fourth-order valence-corrected chi connectivity index (χ4v) is 2.48. The number of hydrogen-bond acceptors (Lipinski definition) is 2. The van der Waals surface area contributed by atoms with Crippen LogP contribution in [-0.2, 0) is 6.54 Å². The van der Waals surface area contributed by atoms with E-state index in [0.29, 0.717) is 23.4 Å². The minimum atomic E-state index is -1.31. The fourth-order valence-electron chi connectivity index (χ4n) is 2.36. The first kappa shape index (κ1) is 15.4. The number of rotatable bonds is 4. The summed E-state index contributed by atoms with van der Waals surface area (Å²) in [6.07, 6.45) is 0.607. The predicted molar refractivity (Wildman–Crippen MR) is 83.1 cm³/mol. The van der Waals surface area contributed by atoms with Crippen molar-refractivity contribution in [3.05, 3.63) is 41.0 Å². The van der Waals surface area contributed by atoms with Gasteiger partial charge in [0.1, 0.15) is 0 Å². The first-order chi connectivity index (χ1) is 9.88. The van der Waals surface area contributed by atoms with Crippen molar-refractivity contribution in [2.75, 3.05) is 0 Å². The van der Waals surface area contributed by atoms with Gasteiger partial charge in [-0.05, 0) is 36.1 Å². The standard InChI is InChI=1S/C16H18ClNO3/c1-10(2)8-18-9-11(3)14(15(18)21-16(19)20)12-4-6-13(17)7-5-12/h4-7,9-10H,8H2,1-3H3,(H,19,20). The van der Waals surface area contributed by atoms with Gasteiger partial charge in [-0.25, -0.2) is 4.79 Å². The van der Waals surface area contributed by atoms with Gasteiger partial charge < -0.3 is 14.4 Å². The van der Waals surface area contributed by atoms with E-state index in [1.807, 2.05) is 29.8 Å². The van der Waals surface area contributed by atoms with Crippen LogP contribution in [-0.4, -0.2) is 15.8 Å². The number of aromatic nitrogens is 1. The van der Waals surface area contributed by atoms with Gasteiger partial charge in [0.05, 0.1) is 0 Å². The highest BCUT2D eigenvalue weighted by Crippen LogP contribution is 2.36. The number of carboxylic acid groups (broad SMARTS) is 1. The monoisotopic (exact) mass is 307 g/mol. The van der Waals surface area contributed by atoms with Crippen LogP contribution in [0.15, 0.2) is 30.5 Å². The molecule has 0 aliphatic carbocycles. The van der Waals surface area contributed by atoms with Crippen molar-refractivity contribution in [1.82, 2.24) is 4.57 Å². The lowest BCUT2D eigenvalue weighted by Crippen LogP contribution is -2.11. The third-order valence-electron chi connectivity index (χ3n) is 3.10. The van der Waals surface area contributed by atoms with Crippen molar-refractivity contribution >= 4 is 17.8 Å². The van der Waals surface area contributed by atoms with Gasteiger partial charge in [0.15, 0.2) is 0 Å². The lowest BCUT2D eigenvalue weighted by molar-refractivity contribution is 0.140. The SMILES string of the molecule is Cc1cn(CC(C)C)c(OC(=O)O)c1-c1ccc(Cl)cc1. The van der Waals surface area contributed by atoms with Crippen molar-refractivity contribution in [2.45, 2.75) is 27.3 Å². The van der Waals surface area contributed by atoms with Crippen molar-refractivity contribution in [2.24, 2.45) is 5.92 Å². The number of aryl methyl sites for hydroxylation is 1. The maximum atomic E-state index is 11.0. The Bertz CT molecular complexity index is 644. The lowest BCUT2D eigenvalue weighted by Gasteiger charge is -2.12. The molecule has 2 aromatic rings. The molecule has 21 heavy (non-hydrogen) atoms. The molecule has 0 spiro atoms. The van der Waals surface area contributed by atoms with Gasteiger partial charge in [-0.3, -0.25) is 0 Å². The van der Waals surface area contributed by atoms with Crippen molar-refractivity contribution in [1.29, 1.82) is 0 Å². The largest absolute Gasteiger partial charge is 0.512 e. The minimum Gasteiger partial charge on any atom is -0.449 e. The first-order valence-electron chi connectivity index (χ1n) is 6.75. The second-order valence-electron chi connectivity index (χ2n) is 5.41. The fraction of sp³-hybridized carbons (Fsp3) is 0.312. The van der Waals surface area contributed by atoms with E-state index < -0.39 is 6.16 Å². The number of carbonyl (C=O) groups is 1. The number of halogens is 1. The molecule has 2 rings (SSSR count). The summed E-state index contributed by atoms with van der Waals surface area (Å²) in [7, 11) is 0. The van der Waals surface area contributed by atoms with Gasteiger partial charge in [-0.2, -0.15) is 0 Å². The van der Waals surface area contributed by atoms with E-state index in [-0.39, 0.29) is 0 Å². The van der Waals surface area contributed by atoms with Crippen LogP contribution in [0.25, 0.3) is 11.1 Å². The highest BCUT2D eigenvalue weighted by atomic mass is 35.5. The Hall–Kier alpha value is -1.94. The van der Waals surface area contributed by atoms with E-state index in [1.54, 1.807) is 12.1 Å². The zero-order valence-corrected chi connectivity index (χ0v) is 13.0. The normalized spacial score (nSPS) is 10.9. The first-order valence-corrected chi connectivity index (χ1v) is 7.12. The molecule has 0 aliphatic rings. The van der Waals surface area contributed by atoms with Crippen molar-refractivity contribution in [3.8, 4) is 17.0 Å². The molecule has 0 saturated carbocycles. The van der Waals surface area contributed by atoms with E-state index in [2.05, 4.69) is 13.8 Å². The lowest BCUT2D eigenvalue weighted by atomic mass is 10.1. The molecule has 1 aromatic carbocycles. The molecule has 0 aliphatic heterocycles. The van der Waals surface area contributed by atoms with Crippen LogP contribution in [0.5, 0.6) is 5.88 Å². The topological polar surface area (TPSA) is 51.5 Å². The molecule has 0 unspecified atom stereocenters. The van der Waals surface area contributed by atoms with E-state index >= 15 is 0 Å². The Kier molecular flexibility index (Phi) is 4.58. The molecule has 0 amide bonds. The molecule has 4 nitrogen and oxygen atoms in total. The van der Waals surface area contributed by atoms with E-state index in [4.69, 9.17) is 21.4 Å². The number of nitrogens with zero attached hydrogens (tertiary/aromatic N) is 1. The maximum absolute atomic E-state index is 11.0. The van der Waals surface area contributed by atoms with Gasteiger partial charge in [0.2, 0.25) is 5.88 Å². The Balaban J connectivity index is 2.55. The zero-order valence-electron chi connectivity index (χ0n) is 12.3. The average molecular weight is 308 g/mol. The molecule has 5 heteroatoms. The molecule has 0 bridgehead atoms. The average Bonchev–Trinajstić information content (AvgIpc) is 2.65. The zero-order chi connectivity index (χ0) is 15.6. The Morgan fingerprint density at radius 1 is 1.33 bits per heavy atom. The number of ether oxygens (including phenoxy) is 1. The molecular weight excluding hydrogens is 290 g/mol. The Morgan fingerprint density at radius 2 is 1.95 bits per heavy atom. The van der Waals surface area contributed by atoms with Crippen LogP contribution in [0, 0.1) is 12.8 Å². The number of hydrogen-bond donors (Lipinski definition) is 1. The maximum Gasteiger partial charge on any atom is 0.512 e. The molecular formula is C16H18ClNO3. The molecule has 0 fully saturated rings. The molecule has 112 valence electrons. The van der Waals surface area contributed by atoms with E-state index in [1.165, 1.54) is 0 Å². The van der Waals surface area contributed by atoms with E-state index in [9.17, 15) is 4.79 Å². The highest BCUT2D eigenvalue weighted by molar-refractivity contribution is 6.30. The van der Waals surface area contributed by atoms with Gasteiger partial charge in [-0.15, -0.1) is 0 Å². The molecule has 0 atom stereocenters. The summed E-state index contributed by atoms with van der Waals surface area (Å²) >= 11 is 5.91. The summed E-state index contributed by atoms with van der Waals surface area (Å²) in [6.45, 7) is 6.77. The molecule has 1 aromatic heterocycles. The van der Waals surface area contributed by atoms with Crippen LogP contribution in [0.4, 0.5) is 4.79 Å². The van der Waals surface area contributed by atoms with Crippen LogP contribution < -0.4 is 4.74 Å². The van der Waals surface area contributed by atoms with Crippen LogP contribution in [0.3, 0.4) is 0 Å².